The number of rotatable bonds is 6. The molecule has 1 aromatic heterocycles. The second-order valence-electron chi connectivity index (χ2n) is 10.1. The van der Waals surface area contributed by atoms with Gasteiger partial charge in [0.1, 0.15) is 11.9 Å². The number of fused-ring (bicyclic) bond motifs is 2. The lowest BCUT2D eigenvalue weighted by Gasteiger charge is -2.26. The van der Waals surface area contributed by atoms with E-state index in [1.807, 2.05) is 0 Å². The Morgan fingerprint density at radius 2 is 1.84 bits per heavy atom. The Kier molecular flexibility index (Phi) is 6.99. The van der Waals surface area contributed by atoms with E-state index in [1.165, 1.54) is 59.1 Å². The molecule has 2 heterocycles. The highest BCUT2D eigenvalue weighted by Crippen LogP contribution is 2.44. The SMILES string of the molecule is CN(C(=O)c1cccc(-n2nc(C(F)(F)F)c3c2[C@@H](Oc2ccc(CO)cc2)CCC3)c1)c1ccc2c(c1)OC(F)(F)O2. The number of carbonyl (C=O) groups is 1. The van der Waals surface area contributed by atoms with Gasteiger partial charge in [-0.3, -0.25) is 4.79 Å². The Morgan fingerprint density at radius 1 is 1.09 bits per heavy atom. The monoisotopic (exact) mass is 601 g/mol. The van der Waals surface area contributed by atoms with Crippen molar-refractivity contribution in [3.05, 3.63) is 94.8 Å². The fourth-order valence-corrected chi connectivity index (χ4v) is 5.25. The molecule has 1 aliphatic carbocycles. The highest BCUT2D eigenvalue weighted by atomic mass is 19.4. The molecule has 1 atom stereocenters. The minimum atomic E-state index is -4.72. The zero-order valence-corrected chi connectivity index (χ0v) is 22.6. The maximum absolute atomic E-state index is 14.1. The number of carbonyl (C=O) groups excluding carboxylic acids is 1. The van der Waals surface area contributed by atoms with Crippen LogP contribution in [0.15, 0.2) is 66.7 Å². The molecule has 1 aliphatic heterocycles. The Bertz CT molecular complexity index is 1690. The molecular formula is C30H24F5N3O5. The van der Waals surface area contributed by atoms with Crippen LogP contribution in [-0.4, -0.2) is 34.1 Å². The third kappa shape index (κ3) is 5.47. The normalized spacial score (nSPS) is 17.0. The first-order valence-electron chi connectivity index (χ1n) is 13.3. The number of nitrogens with zero attached hydrogens (tertiary/aromatic N) is 3. The predicted octanol–water partition coefficient (Wildman–Crippen LogP) is 6.44. The maximum atomic E-state index is 14.1. The lowest BCUT2D eigenvalue weighted by Crippen LogP contribution is -2.26. The van der Waals surface area contributed by atoms with E-state index in [1.54, 1.807) is 24.3 Å². The number of aromatic nitrogens is 2. The Hall–Kier alpha value is -4.65. The summed E-state index contributed by atoms with van der Waals surface area (Å²) in [5.74, 6) is -0.554. The minimum absolute atomic E-state index is 0.0294. The van der Waals surface area contributed by atoms with Crippen LogP contribution in [0.2, 0.25) is 0 Å². The average molecular weight is 602 g/mol. The summed E-state index contributed by atoms with van der Waals surface area (Å²) >= 11 is 0. The number of halogens is 5. The van der Waals surface area contributed by atoms with E-state index in [4.69, 9.17) is 4.74 Å². The molecule has 0 spiro atoms. The van der Waals surface area contributed by atoms with Crippen molar-refractivity contribution in [2.75, 3.05) is 11.9 Å². The van der Waals surface area contributed by atoms with Gasteiger partial charge >= 0.3 is 12.5 Å². The minimum Gasteiger partial charge on any atom is -0.484 e. The van der Waals surface area contributed by atoms with Gasteiger partial charge in [-0.15, -0.1) is 8.78 Å². The standard InChI is InChI=1S/C30H24F5N3O5/c1-37(19-10-13-23-25(15-19)43-30(34,35)42-23)28(40)18-4-2-5-20(14-18)38-26-22(27(36-38)29(31,32)33)6-3-7-24(26)41-21-11-8-17(16-39)9-12-21/h2,4-5,8-15,24,39H,3,6-7,16H2,1H3/t24-/m0/s1. The van der Waals surface area contributed by atoms with Crippen LogP contribution in [0.4, 0.5) is 27.6 Å². The van der Waals surface area contributed by atoms with Crippen LogP contribution in [0.1, 0.15) is 51.8 Å². The average Bonchev–Trinajstić information content (AvgIpc) is 3.53. The van der Waals surface area contributed by atoms with Gasteiger partial charge < -0.3 is 24.2 Å². The van der Waals surface area contributed by atoms with E-state index < -0.39 is 30.2 Å². The summed E-state index contributed by atoms with van der Waals surface area (Å²) in [5.41, 5.74) is 0.466. The highest BCUT2D eigenvalue weighted by molar-refractivity contribution is 6.06. The largest absolute Gasteiger partial charge is 0.586 e. The lowest BCUT2D eigenvalue weighted by atomic mass is 9.92. The van der Waals surface area contributed by atoms with Crippen LogP contribution in [0.25, 0.3) is 5.69 Å². The van der Waals surface area contributed by atoms with Gasteiger partial charge in [-0.2, -0.15) is 18.3 Å². The van der Waals surface area contributed by atoms with Gasteiger partial charge in [0.2, 0.25) is 0 Å². The number of hydrogen-bond acceptors (Lipinski definition) is 6. The van der Waals surface area contributed by atoms with E-state index in [2.05, 4.69) is 14.6 Å². The van der Waals surface area contributed by atoms with Crippen molar-refractivity contribution in [2.24, 2.45) is 0 Å². The summed E-state index contributed by atoms with van der Waals surface area (Å²) in [5, 5.41) is 13.3. The third-order valence-electron chi connectivity index (χ3n) is 7.29. The van der Waals surface area contributed by atoms with E-state index in [9.17, 15) is 31.9 Å². The molecule has 2 aliphatic rings. The maximum Gasteiger partial charge on any atom is 0.586 e. The number of amides is 1. The van der Waals surface area contributed by atoms with E-state index in [0.717, 1.165) is 0 Å². The van der Waals surface area contributed by atoms with Crippen molar-refractivity contribution >= 4 is 11.6 Å². The molecule has 6 rings (SSSR count). The summed E-state index contributed by atoms with van der Waals surface area (Å²) in [6, 6.07) is 16.4. The molecule has 224 valence electrons. The predicted molar refractivity (Wildman–Crippen MR) is 143 cm³/mol. The third-order valence-corrected chi connectivity index (χ3v) is 7.29. The molecule has 8 nitrogen and oxygen atoms in total. The molecule has 43 heavy (non-hydrogen) atoms. The van der Waals surface area contributed by atoms with Gasteiger partial charge in [-0.05, 0) is 67.3 Å². The number of ether oxygens (including phenoxy) is 3. The summed E-state index contributed by atoms with van der Waals surface area (Å²) in [6.45, 7) is -0.162. The van der Waals surface area contributed by atoms with Crippen molar-refractivity contribution in [1.82, 2.24) is 9.78 Å². The van der Waals surface area contributed by atoms with Crippen molar-refractivity contribution < 1.29 is 46.1 Å². The fourth-order valence-electron chi connectivity index (χ4n) is 5.25. The topological polar surface area (TPSA) is 86.1 Å². The van der Waals surface area contributed by atoms with Gasteiger partial charge in [0.15, 0.2) is 17.2 Å². The number of hydrogen-bond donors (Lipinski definition) is 1. The fraction of sp³-hybridized carbons (Fsp3) is 0.267. The van der Waals surface area contributed by atoms with E-state index in [0.29, 0.717) is 24.2 Å². The van der Waals surface area contributed by atoms with Crippen LogP contribution >= 0.6 is 0 Å². The molecule has 0 fully saturated rings. The van der Waals surface area contributed by atoms with Crippen molar-refractivity contribution in [2.45, 2.75) is 44.4 Å². The zero-order chi connectivity index (χ0) is 30.5. The first-order valence-corrected chi connectivity index (χ1v) is 13.3. The Morgan fingerprint density at radius 3 is 2.56 bits per heavy atom. The molecule has 0 saturated heterocycles. The quantitative estimate of drug-likeness (QED) is 0.256. The van der Waals surface area contributed by atoms with Gasteiger partial charge in [0.05, 0.1) is 18.0 Å². The zero-order valence-electron chi connectivity index (χ0n) is 22.6. The lowest BCUT2D eigenvalue weighted by molar-refractivity contribution is -0.286. The van der Waals surface area contributed by atoms with Crippen LogP contribution in [0.5, 0.6) is 17.2 Å². The van der Waals surface area contributed by atoms with Gasteiger partial charge in [-0.1, -0.05) is 18.2 Å². The molecule has 13 heteroatoms. The van der Waals surface area contributed by atoms with E-state index >= 15 is 0 Å². The van der Waals surface area contributed by atoms with Crippen LogP contribution in [0, 0.1) is 0 Å². The van der Waals surface area contributed by atoms with Crippen LogP contribution in [0.3, 0.4) is 0 Å². The van der Waals surface area contributed by atoms with Crippen LogP contribution < -0.4 is 19.1 Å². The molecule has 0 saturated carbocycles. The number of anilines is 1. The second kappa shape index (κ2) is 10.6. The molecule has 0 bridgehead atoms. The molecule has 0 radical (unpaired) electrons. The number of aliphatic hydroxyl groups excluding tert-OH is 1. The molecule has 3 aromatic carbocycles. The highest BCUT2D eigenvalue weighted by Gasteiger charge is 2.44. The first kappa shape index (κ1) is 28.5. The summed E-state index contributed by atoms with van der Waals surface area (Å²) < 4.78 is 85.4. The van der Waals surface area contributed by atoms with E-state index in [-0.39, 0.29) is 52.7 Å². The van der Waals surface area contributed by atoms with Gasteiger partial charge in [0, 0.05) is 29.9 Å². The molecule has 1 N–H and O–H groups in total. The second-order valence-corrected chi connectivity index (χ2v) is 10.1. The van der Waals surface area contributed by atoms with Gasteiger partial charge in [0.25, 0.3) is 5.91 Å². The summed E-state index contributed by atoms with van der Waals surface area (Å²) in [7, 11) is 1.42. The summed E-state index contributed by atoms with van der Waals surface area (Å²) in [6.07, 6.45) is -8.27. The Labute approximate surface area is 241 Å². The Balaban J connectivity index is 1.35. The smallest absolute Gasteiger partial charge is 0.484 e. The van der Waals surface area contributed by atoms with Crippen molar-refractivity contribution in [3.8, 4) is 22.9 Å². The van der Waals surface area contributed by atoms with Crippen molar-refractivity contribution in [3.63, 3.8) is 0 Å². The van der Waals surface area contributed by atoms with Crippen LogP contribution in [-0.2, 0) is 19.2 Å². The number of aliphatic hydroxyl groups is 1. The number of alkyl halides is 5. The molecule has 1 amide bonds. The van der Waals surface area contributed by atoms with Gasteiger partial charge in [-0.25, -0.2) is 4.68 Å². The molecule has 4 aromatic rings. The first-order chi connectivity index (χ1) is 20.4. The van der Waals surface area contributed by atoms with Crippen molar-refractivity contribution in [1.29, 1.82) is 0 Å². The molecule has 0 unspecified atom stereocenters. The number of benzene rings is 3. The molecular weight excluding hydrogens is 577 g/mol. The summed E-state index contributed by atoms with van der Waals surface area (Å²) in [4.78, 5) is 14.6.